The summed E-state index contributed by atoms with van der Waals surface area (Å²) in [6.07, 6.45) is 2.91. The van der Waals surface area contributed by atoms with Crippen molar-refractivity contribution in [2.45, 2.75) is 26.2 Å². The minimum Gasteiger partial charge on any atom is -0.398 e. The number of nitrogen functional groups attached to an aromatic ring is 1. The van der Waals surface area contributed by atoms with Crippen LogP contribution in [0.1, 0.15) is 25.0 Å². The lowest BCUT2D eigenvalue weighted by Crippen LogP contribution is -2.05. The quantitative estimate of drug-likeness (QED) is 0.551. The lowest BCUT2D eigenvalue weighted by atomic mass is 10.1. The number of rotatable bonds is 6. The van der Waals surface area contributed by atoms with Crippen molar-refractivity contribution >= 4 is 22.3 Å². The third-order valence-electron chi connectivity index (χ3n) is 3.16. The van der Waals surface area contributed by atoms with Gasteiger partial charge in [-0.2, -0.15) is 0 Å². The zero-order chi connectivity index (χ0) is 13.7. The van der Waals surface area contributed by atoms with Crippen molar-refractivity contribution in [3.8, 4) is 0 Å². The van der Waals surface area contributed by atoms with Crippen molar-refractivity contribution < 1.29 is 5.11 Å². The monoisotopic (exact) mass is 259 g/mol. The van der Waals surface area contributed by atoms with Crippen molar-refractivity contribution in [2.24, 2.45) is 0 Å². The zero-order valence-corrected chi connectivity index (χ0v) is 11.3. The predicted molar refractivity (Wildman–Crippen MR) is 80.3 cm³/mol. The Morgan fingerprint density at radius 2 is 2.05 bits per heavy atom. The summed E-state index contributed by atoms with van der Waals surface area (Å²) in [5, 5.41) is 14.2. The molecule has 1 aromatic heterocycles. The fourth-order valence-electron chi connectivity index (χ4n) is 2.18. The van der Waals surface area contributed by atoms with Gasteiger partial charge in [0.2, 0.25) is 0 Å². The second-order valence-electron chi connectivity index (χ2n) is 4.77. The SMILES string of the molecule is Cc1cc2c(N)cccc2c(NCCCCCO)n1. The summed E-state index contributed by atoms with van der Waals surface area (Å²) in [5.74, 6) is 0.895. The molecule has 0 aliphatic heterocycles. The van der Waals surface area contributed by atoms with E-state index < -0.39 is 0 Å². The summed E-state index contributed by atoms with van der Waals surface area (Å²) in [4.78, 5) is 4.54. The van der Waals surface area contributed by atoms with Gasteiger partial charge in [0.25, 0.3) is 0 Å². The Labute approximate surface area is 113 Å². The van der Waals surface area contributed by atoms with Crippen molar-refractivity contribution in [2.75, 3.05) is 24.2 Å². The second-order valence-corrected chi connectivity index (χ2v) is 4.77. The third-order valence-corrected chi connectivity index (χ3v) is 3.16. The number of benzene rings is 1. The van der Waals surface area contributed by atoms with Gasteiger partial charge in [0.05, 0.1) is 0 Å². The van der Waals surface area contributed by atoms with Gasteiger partial charge in [0, 0.05) is 35.3 Å². The molecule has 0 saturated heterocycles. The van der Waals surface area contributed by atoms with Crippen molar-refractivity contribution in [3.63, 3.8) is 0 Å². The number of nitrogens with two attached hydrogens (primary N) is 1. The Kier molecular flexibility index (Phi) is 4.58. The molecule has 2 aromatic rings. The summed E-state index contributed by atoms with van der Waals surface area (Å²) in [6.45, 7) is 3.10. The highest BCUT2D eigenvalue weighted by Crippen LogP contribution is 2.27. The number of anilines is 2. The molecule has 0 fully saturated rings. The van der Waals surface area contributed by atoms with Crippen LogP contribution in [0.25, 0.3) is 10.8 Å². The molecule has 4 N–H and O–H groups in total. The Balaban J connectivity index is 2.16. The largest absolute Gasteiger partial charge is 0.398 e. The predicted octanol–water partition coefficient (Wildman–Crippen LogP) is 2.70. The highest BCUT2D eigenvalue weighted by Gasteiger charge is 2.05. The first kappa shape index (κ1) is 13.6. The van der Waals surface area contributed by atoms with Crippen molar-refractivity contribution in [1.82, 2.24) is 4.98 Å². The molecule has 0 aliphatic rings. The Morgan fingerprint density at radius 3 is 2.84 bits per heavy atom. The van der Waals surface area contributed by atoms with E-state index in [1.165, 1.54) is 0 Å². The minimum atomic E-state index is 0.266. The van der Waals surface area contributed by atoms with Crippen LogP contribution in [0.4, 0.5) is 11.5 Å². The topological polar surface area (TPSA) is 71.2 Å². The zero-order valence-electron chi connectivity index (χ0n) is 11.3. The highest BCUT2D eigenvalue weighted by molar-refractivity contribution is 5.99. The molecular weight excluding hydrogens is 238 g/mol. The van der Waals surface area contributed by atoms with Crippen LogP contribution in [0.2, 0.25) is 0 Å². The van der Waals surface area contributed by atoms with Crippen LogP contribution < -0.4 is 11.1 Å². The van der Waals surface area contributed by atoms with E-state index in [1.54, 1.807) is 0 Å². The molecule has 0 saturated carbocycles. The van der Waals surface area contributed by atoms with E-state index in [1.807, 2.05) is 31.2 Å². The minimum absolute atomic E-state index is 0.266. The van der Waals surface area contributed by atoms with Gasteiger partial charge in [-0.3, -0.25) is 0 Å². The third kappa shape index (κ3) is 3.35. The van der Waals surface area contributed by atoms with Gasteiger partial charge in [-0.15, -0.1) is 0 Å². The summed E-state index contributed by atoms with van der Waals surface area (Å²) < 4.78 is 0. The Morgan fingerprint density at radius 1 is 1.21 bits per heavy atom. The van der Waals surface area contributed by atoms with Gasteiger partial charge < -0.3 is 16.2 Å². The van der Waals surface area contributed by atoms with Crippen LogP contribution in [0.3, 0.4) is 0 Å². The number of hydrogen-bond acceptors (Lipinski definition) is 4. The van der Waals surface area contributed by atoms with Gasteiger partial charge in [0.15, 0.2) is 0 Å². The van der Waals surface area contributed by atoms with Crippen LogP contribution in [0.15, 0.2) is 24.3 Å². The first-order valence-electron chi connectivity index (χ1n) is 6.73. The number of aromatic nitrogens is 1. The van der Waals surface area contributed by atoms with Gasteiger partial charge in [-0.1, -0.05) is 12.1 Å². The average Bonchev–Trinajstić information content (AvgIpc) is 2.39. The van der Waals surface area contributed by atoms with E-state index in [9.17, 15) is 0 Å². The van der Waals surface area contributed by atoms with Gasteiger partial charge in [-0.05, 0) is 38.3 Å². The molecule has 4 heteroatoms. The first-order valence-corrected chi connectivity index (χ1v) is 6.73. The molecule has 2 rings (SSSR count). The number of hydrogen-bond donors (Lipinski definition) is 3. The molecule has 0 atom stereocenters. The standard InChI is InChI=1S/C15H21N3O/c1-11-10-13-12(6-5-7-14(13)16)15(18-11)17-8-3-2-4-9-19/h5-7,10,19H,2-4,8-9,16H2,1H3,(H,17,18). The second kappa shape index (κ2) is 6.38. The molecule has 0 unspecified atom stereocenters. The number of nitrogens with one attached hydrogen (secondary N) is 1. The number of pyridine rings is 1. The van der Waals surface area contributed by atoms with Crippen molar-refractivity contribution in [1.29, 1.82) is 0 Å². The molecule has 0 aliphatic carbocycles. The highest BCUT2D eigenvalue weighted by atomic mass is 16.2. The molecular formula is C15H21N3O. The summed E-state index contributed by atoms with van der Waals surface area (Å²) in [5.41, 5.74) is 7.75. The normalized spacial score (nSPS) is 10.8. The van der Waals surface area contributed by atoms with E-state index in [0.29, 0.717) is 0 Å². The molecule has 0 radical (unpaired) electrons. The molecule has 0 bridgehead atoms. The average molecular weight is 259 g/mol. The number of fused-ring (bicyclic) bond motifs is 1. The van der Waals surface area contributed by atoms with Crippen LogP contribution >= 0.6 is 0 Å². The number of unbranched alkanes of at least 4 members (excludes halogenated alkanes) is 2. The van der Waals surface area contributed by atoms with Gasteiger partial charge in [-0.25, -0.2) is 4.98 Å². The molecule has 0 spiro atoms. The fraction of sp³-hybridized carbons (Fsp3) is 0.400. The Bertz CT molecular complexity index is 554. The van der Waals surface area contributed by atoms with E-state index in [4.69, 9.17) is 10.8 Å². The van der Waals surface area contributed by atoms with Crippen LogP contribution in [-0.4, -0.2) is 23.2 Å². The summed E-state index contributed by atoms with van der Waals surface area (Å²) in [6, 6.07) is 7.91. The fourth-order valence-corrected chi connectivity index (χ4v) is 2.18. The Hall–Kier alpha value is -1.81. The molecule has 4 nitrogen and oxygen atoms in total. The van der Waals surface area contributed by atoms with Crippen molar-refractivity contribution in [3.05, 3.63) is 30.0 Å². The summed E-state index contributed by atoms with van der Waals surface area (Å²) in [7, 11) is 0. The maximum Gasteiger partial charge on any atom is 0.134 e. The maximum absolute atomic E-state index is 8.74. The lowest BCUT2D eigenvalue weighted by Gasteiger charge is -2.11. The number of aryl methyl sites for hydroxylation is 1. The van der Waals surface area contributed by atoms with Crippen LogP contribution in [0.5, 0.6) is 0 Å². The molecule has 102 valence electrons. The van der Waals surface area contributed by atoms with Gasteiger partial charge in [0.1, 0.15) is 5.82 Å². The number of nitrogens with zero attached hydrogens (tertiary/aromatic N) is 1. The number of aliphatic hydroxyl groups excluding tert-OH is 1. The number of aliphatic hydroxyl groups is 1. The summed E-state index contributed by atoms with van der Waals surface area (Å²) >= 11 is 0. The van der Waals surface area contributed by atoms with Crippen LogP contribution in [-0.2, 0) is 0 Å². The van der Waals surface area contributed by atoms with E-state index in [0.717, 1.165) is 53.8 Å². The first-order chi connectivity index (χ1) is 9.22. The lowest BCUT2D eigenvalue weighted by molar-refractivity contribution is 0.283. The molecule has 19 heavy (non-hydrogen) atoms. The van der Waals surface area contributed by atoms with E-state index in [-0.39, 0.29) is 6.61 Å². The molecule has 1 aromatic carbocycles. The molecule has 0 amide bonds. The molecule has 1 heterocycles. The van der Waals surface area contributed by atoms with E-state index in [2.05, 4.69) is 10.3 Å². The van der Waals surface area contributed by atoms with Crippen LogP contribution in [0, 0.1) is 6.92 Å². The maximum atomic E-state index is 8.74. The smallest absolute Gasteiger partial charge is 0.134 e. The van der Waals surface area contributed by atoms with Gasteiger partial charge >= 0.3 is 0 Å². The van der Waals surface area contributed by atoms with E-state index >= 15 is 0 Å².